The fourth-order valence-electron chi connectivity index (χ4n) is 3.08. The summed E-state index contributed by atoms with van der Waals surface area (Å²) in [6.45, 7) is 0. The Morgan fingerprint density at radius 1 is 0.846 bits per heavy atom. The average molecular weight is 344 g/mol. The van der Waals surface area contributed by atoms with E-state index in [9.17, 15) is 0 Å². The van der Waals surface area contributed by atoms with Crippen molar-refractivity contribution in [1.82, 2.24) is 14.6 Å². The van der Waals surface area contributed by atoms with Crippen LogP contribution in [0.2, 0.25) is 0 Å². The van der Waals surface area contributed by atoms with E-state index in [4.69, 9.17) is 4.74 Å². The minimum atomic E-state index is 0.825. The van der Waals surface area contributed by atoms with Crippen LogP contribution in [-0.4, -0.2) is 35.8 Å². The highest BCUT2D eigenvalue weighted by atomic mass is 16.5. The van der Waals surface area contributed by atoms with Crippen LogP contribution in [0.5, 0.6) is 5.75 Å². The van der Waals surface area contributed by atoms with Crippen LogP contribution >= 0.6 is 0 Å². The van der Waals surface area contributed by atoms with Gasteiger partial charge in [0.1, 0.15) is 5.75 Å². The molecule has 4 aromatic rings. The predicted molar refractivity (Wildman–Crippen MR) is 105 cm³/mol. The van der Waals surface area contributed by atoms with Crippen molar-refractivity contribution in [2.45, 2.75) is 0 Å². The largest absolute Gasteiger partial charge is 0.497 e. The van der Waals surface area contributed by atoms with Gasteiger partial charge in [0, 0.05) is 31.5 Å². The third-order valence-corrected chi connectivity index (χ3v) is 4.45. The third-order valence-electron chi connectivity index (χ3n) is 4.45. The second-order valence-corrected chi connectivity index (χ2v) is 6.31. The van der Waals surface area contributed by atoms with Crippen LogP contribution in [0.1, 0.15) is 0 Å². The van der Waals surface area contributed by atoms with Gasteiger partial charge in [0.15, 0.2) is 11.5 Å². The first-order valence-electron chi connectivity index (χ1n) is 8.43. The number of rotatable bonds is 4. The summed E-state index contributed by atoms with van der Waals surface area (Å²) < 4.78 is 7.29. The van der Waals surface area contributed by atoms with Crippen molar-refractivity contribution < 1.29 is 4.74 Å². The molecule has 0 N–H and O–H groups in total. The number of methoxy groups -OCH3 is 1. The van der Waals surface area contributed by atoms with Gasteiger partial charge < -0.3 is 9.64 Å². The Morgan fingerprint density at radius 2 is 1.58 bits per heavy atom. The van der Waals surface area contributed by atoms with Gasteiger partial charge in [-0.2, -0.15) is 0 Å². The molecule has 0 aliphatic carbocycles. The molecule has 4 rings (SSSR count). The Kier molecular flexibility index (Phi) is 4.05. The Bertz CT molecular complexity index is 1050. The van der Waals surface area contributed by atoms with E-state index in [1.165, 1.54) is 0 Å². The standard InChI is InChI=1S/C21H20N4O/c1-24(2)19-7-5-4-6-18(19)21-23-22-20-13-10-16(14-25(20)21)15-8-11-17(26-3)12-9-15/h4-14H,1-3H3. The molecule has 0 saturated heterocycles. The number of anilines is 1. The molecule has 0 spiro atoms. The fourth-order valence-corrected chi connectivity index (χ4v) is 3.08. The van der Waals surface area contributed by atoms with Gasteiger partial charge in [0.05, 0.1) is 7.11 Å². The topological polar surface area (TPSA) is 42.7 Å². The van der Waals surface area contributed by atoms with Gasteiger partial charge in [0.2, 0.25) is 0 Å². The SMILES string of the molecule is COc1ccc(-c2ccc3nnc(-c4ccccc4N(C)C)n3c2)cc1. The summed E-state index contributed by atoms with van der Waals surface area (Å²) in [6, 6.07) is 20.3. The monoisotopic (exact) mass is 344 g/mol. The number of ether oxygens (including phenoxy) is 1. The van der Waals surface area contributed by atoms with E-state index in [1.807, 2.05) is 48.8 Å². The van der Waals surface area contributed by atoms with Crippen LogP contribution in [0.4, 0.5) is 5.69 Å². The first-order valence-corrected chi connectivity index (χ1v) is 8.43. The Morgan fingerprint density at radius 3 is 2.31 bits per heavy atom. The minimum Gasteiger partial charge on any atom is -0.497 e. The molecule has 0 saturated carbocycles. The van der Waals surface area contributed by atoms with E-state index in [2.05, 4.69) is 51.6 Å². The van der Waals surface area contributed by atoms with E-state index in [0.29, 0.717) is 0 Å². The van der Waals surface area contributed by atoms with E-state index in [-0.39, 0.29) is 0 Å². The first kappa shape index (κ1) is 16.1. The highest BCUT2D eigenvalue weighted by molar-refractivity contribution is 5.76. The van der Waals surface area contributed by atoms with E-state index in [0.717, 1.165) is 39.6 Å². The van der Waals surface area contributed by atoms with Crippen molar-refractivity contribution in [1.29, 1.82) is 0 Å². The molecule has 0 aliphatic heterocycles. The summed E-state index contributed by atoms with van der Waals surface area (Å²) >= 11 is 0. The first-order chi connectivity index (χ1) is 12.7. The van der Waals surface area contributed by atoms with Crippen molar-refractivity contribution >= 4 is 11.3 Å². The van der Waals surface area contributed by atoms with Crippen molar-refractivity contribution in [3.8, 4) is 28.3 Å². The van der Waals surface area contributed by atoms with Crippen LogP contribution in [0.25, 0.3) is 28.2 Å². The Labute approximate surface area is 152 Å². The molecule has 2 aromatic carbocycles. The molecular weight excluding hydrogens is 324 g/mol. The van der Waals surface area contributed by atoms with Crippen molar-refractivity contribution in [2.75, 3.05) is 26.1 Å². The van der Waals surface area contributed by atoms with Gasteiger partial charge in [-0.3, -0.25) is 4.40 Å². The van der Waals surface area contributed by atoms with Crippen LogP contribution in [0.15, 0.2) is 66.9 Å². The van der Waals surface area contributed by atoms with Gasteiger partial charge in [0.25, 0.3) is 0 Å². The number of fused-ring (bicyclic) bond motifs is 1. The molecule has 0 fully saturated rings. The molecule has 5 heteroatoms. The predicted octanol–water partition coefficient (Wildman–Crippen LogP) is 4.14. The molecule has 0 unspecified atom stereocenters. The molecule has 0 amide bonds. The minimum absolute atomic E-state index is 0.825. The average Bonchev–Trinajstić information content (AvgIpc) is 3.11. The second kappa shape index (κ2) is 6.52. The lowest BCUT2D eigenvalue weighted by Crippen LogP contribution is -2.10. The summed E-state index contributed by atoms with van der Waals surface area (Å²) in [6.07, 6.45) is 2.08. The van der Waals surface area contributed by atoms with Crippen LogP contribution in [-0.2, 0) is 0 Å². The zero-order valence-corrected chi connectivity index (χ0v) is 15.0. The maximum Gasteiger partial charge on any atom is 0.170 e. The molecule has 26 heavy (non-hydrogen) atoms. The van der Waals surface area contributed by atoms with Gasteiger partial charge in [-0.25, -0.2) is 0 Å². The van der Waals surface area contributed by atoms with E-state index < -0.39 is 0 Å². The number of para-hydroxylation sites is 1. The summed E-state index contributed by atoms with van der Waals surface area (Å²) in [7, 11) is 5.74. The third kappa shape index (κ3) is 2.77. The Balaban J connectivity index is 1.85. The van der Waals surface area contributed by atoms with Crippen molar-refractivity contribution in [2.24, 2.45) is 0 Å². The lowest BCUT2D eigenvalue weighted by molar-refractivity contribution is 0.415. The quantitative estimate of drug-likeness (QED) is 0.558. The highest BCUT2D eigenvalue weighted by Gasteiger charge is 2.13. The lowest BCUT2D eigenvalue weighted by Gasteiger charge is -2.16. The van der Waals surface area contributed by atoms with Crippen molar-refractivity contribution in [3.63, 3.8) is 0 Å². The highest BCUT2D eigenvalue weighted by Crippen LogP contribution is 2.30. The normalized spacial score (nSPS) is 10.9. The van der Waals surface area contributed by atoms with Crippen LogP contribution < -0.4 is 9.64 Å². The lowest BCUT2D eigenvalue weighted by atomic mass is 10.1. The summed E-state index contributed by atoms with van der Waals surface area (Å²) in [4.78, 5) is 2.09. The number of pyridine rings is 1. The molecule has 0 atom stereocenters. The van der Waals surface area contributed by atoms with Crippen LogP contribution in [0.3, 0.4) is 0 Å². The number of hydrogen-bond donors (Lipinski definition) is 0. The molecular formula is C21H20N4O. The molecule has 130 valence electrons. The van der Waals surface area contributed by atoms with Gasteiger partial charge >= 0.3 is 0 Å². The maximum absolute atomic E-state index is 5.25. The zero-order valence-electron chi connectivity index (χ0n) is 15.0. The fraction of sp³-hybridized carbons (Fsp3) is 0.143. The van der Waals surface area contributed by atoms with E-state index >= 15 is 0 Å². The summed E-state index contributed by atoms with van der Waals surface area (Å²) in [5, 5.41) is 8.77. The van der Waals surface area contributed by atoms with Crippen molar-refractivity contribution in [3.05, 3.63) is 66.9 Å². The second-order valence-electron chi connectivity index (χ2n) is 6.31. The molecule has 5 nitrogen and oxygen atoms in total. The number of hydrogen-bond acceptors (Lipinski definition) is 4. The van der Waals surface area contributed by atoms with Gasteiger partial charge in [-0.1, -0.05) is 24.3 Å². The number of aromatic nitrogens is 3. The number of benzene rings is 2. The molecule has 0 radical (unpaired) electrons. The summed E-state index contributed by atoms with van der Waals surface area (Å²) in [5.41, 5.74) is 5.20. The molecule has 2 heterocycles. The molecule has 0 aliphatic rings. The van der Waals surface area contributed by atoms with Crippen LogP contribution in [0, 0.1) is 0 Å². The maximum atomic E-state index is 5.25. The smallest absolute Gasteiger partial charge is 0.170 e. The molecule has 2 aromatic heterocycles. The Hall–Kier alpha value is -3.34. The van der Waals surface area contributed by atoms with E-state index in [1.54, 1.807) is 7.11 Å². The number of nitrogens with zero attached hydrogens (tertiary/aromatic N) is 4. The zero-order chi connectivity index (χ0) is 18.1. The summed E-state index contributed by atoms with van der Waals surface area (Å²) in [5.74, 6) is 1.68. The van der Waals surface area contributed by atoms with Gasteiger partial charge in [-0.15, -0.1) is 10.2 Å². The molecule has 0 bridgehead atoms. The van der Waals surface area contributed by atoms with Gasteiger partial charge in [-0.05, 0) is 47.5 Å².